The third-order valence-corrected chi connectivity index (χ3v) is 1.99. The van der Waals surface area contributed by atoms with Gasteiger partial charge in [0.05, 0.1) is 0 Å². The van der Waals surface area contributed by atoms with Gasteiger partial charge in [-0.1, -0.05) is 19.1 Å². The summed E-state index contributed by atoms with van der Waals surface area (Å²) in [6.45, 7) is 4.00. The van der Waals surface area contributed by atoms with Crippen LogP contribution in [0.3, 0.4) is 0 Å². The lowest BCUT2D eigenvalue weighted by atomic mass is 10.1. The normalized spacial score (nSPS) is 10.8. The molecular weight excluding hydrogens is 150 g/mol. The monoisotopic (exact) mass is 161 g/mol. The summed E-state index contributed by atoms with van der Waals surface area (Å²) in [5, 5.41) is 0. The Labute approximate surface area is 71.2 Å². The van der Waals surface area contributed by atoms with Crippen molar-refractivity contribution in [3.8, 4) is 0 Å². The summed E-state index contributed by atoms with van der Waals surface area (Å²) in [5.41, 5.74) is 3.16. The van der Waals surface area contributed by atoms with Gasteiger partial charge in [-0.2, -0.15) is 0 Å². The van der Waals surface area contributed by atoms with Gasteiger partial charge in [0.1, 0.15) is 5.52 Å². The number of fused-ring (bicyclic) bond motifs is 1. The van der Waals surface area contributed by atoms with E-state index in [0.717, 1.165) is 23.4 Å². The molecule has 62 valence electrons. The summed E-state index contributed by atoms with van der Waals surface area (Å²) in [5.74, 6) is 0.742. The van der Waals surface area contributed by atoms with E-state index in [-0.39, 0.29) is 0 Å². The first-order valence-electron chi connectivity index (χ1n) is 4.16. The molecule has 2 aromatic rings. The van der Waals surface area contributed by atoms with E-state index in [2.05, 4.69) is 18.0 Å². The van der Waals surface area contributed by atoms with E-state index < -0.39 is 0 Å². The van der Waals surface area contributed by atoms with Gasteiger partial charge in [-0.3, -0.25) is 0 Å². The fourth-order valence-corrected chi connectivity index (χ4v) is 1.40. The van der Waals surface area contributed by atoms with Gasteiger partial charge in [0.25, 0.3) is 0 Å². The van der Waals surface area contributed by atoms with Crippen LogP contribution in [0.15, 0.2) is 22.6 Å². The Morgan fingerprint density at radius 3 is 3.00 bits per heavy atom. The van der Waals surface area contributed by atoms with Crippen LogP contribution in [0.25, 0.3) is 11.1 Å². The average molecular weight is 161 g/mol. The van der Waals surface area contributed by atoms with Crippen LogP contribution in [-0.2, 0) is 6.42 Å². The molecule has 1 aromatic heterocycles. The second-order valence-corrected chi connectivity index (χ2v) is 2.85. The lowest BCUT2D eigenvalue weighted by Gasteiger charge is -1.93. The zero-order chi connectivity index (χ0) is 8.55. The van der Waals surface area contributed by atoms with Crippen LogP contribution >= 0.6 is 0 Å². The molecule has 0 fully saturated rings. The molecule has 0 aliphatic heterocycles. The summed E-state index contributed by atoms with van der Waals surface area (Å²) in [4.78, 5) is 4.32. The molecule has 0 saturated carbocycles. The summed E-state index contributed by atoms with van der Waals surface area (Å²) in [7, 11) is 0. The predicted molar refractivity (Wildman–Crippen MR) is 48.1 cm³/mol. The molecule has 1 heterocycles. The highest BCUT2D eigenvalue weighted by molar-refractivity contribution is 5.76. The first-order chi connectivity index (χ1) is 5.81. The fourth-order valence-electron chi connectivity index (χ4n) is 1.40. The number of rotatable bonds is 1. The van der Waals surface area contributed by atoms with Gasteiger partial charge in [-0.05, 0) is 18.1 Å². The number of benzene rings is 1. The van der Waals surface area contributed by atoms with E-state index in [0.29, 0.717) is 0 Å². The van der Waals surface area contributed by atoms with Gasteiger partial charge < -0.3 is 4.42 Å². The minimum atomic E-state index is 0.742. The predicted octanol–water partition coefficient (Wildman–Crippen LogP) is 2.70. The smallest absolute Gasteiger partial charge is 0.192 e. The van der Waals surface area contributed by atoms with Crippen LogP contribution in [0.5, 0.6) is 0 Å². The molecule has 0 aliphatic rings. The van der Waals surface area contributed by atoms with Gasteiger partial charge in [0.15, 0.2) is 11.5 Å². The quantitative estimate of drug-likeness (QED) is 0.642. The standard InChI is InChI=1S/C10H11NO/c1-3-8-5-4-6-9-10(8)11-7(2)12-9/h4-6H,3H2,1-2H3. The van der Waals surface area contributed by atoms with Gasteiger partial charge in [0, 0.05) is 6.92 Å². The Morgan fingerprint density at radius 1 is 1.42 bits per heavy atom. The Bertz CT molecular complexity index is 403. The minimum Gasteiger partial charge on any atom is -0.441 e. The lowest BCUT2D eigenvalue weighted by Crippen LogP contribution is -1.81. The molecule has 0 atom stereocenters. The molecule has 0 unspecified atom stereocenters. The summed E-state index contributed by atoms with van der Waals surface area (Å²) < 4.78 is 5.40. The maximum atomic E-state index is 5.40. The number of aryl methyl sites for hydroxylation is 2. The number of hydrogen-bond acceptors (Lipinski definition) is 2. The van der Waals surface area contributed by atoms with Crippen molar-refractivity contribution in [1.29, 1.82) is 0 Å². The molecule has 2 rings (SSSR count). The van der Waals surface area contributed by atoms with Crippen LogP contribution in [0, 0.1) is 6.92 Å². The SMILES string of the molecule is CCc1cccc2oc(C)nc12. The molecule has 1 aromatic carbocycles. The molecule has 2 heteroatoms. The number of oxazole rings is 1. The van der Waals surface area contributed by atoms with Crippen molar-refractivity contribution in [2.45, 2.75) is 20.3 Å². The third kappa shape index (κ3) is 0.998. The van der Waals surface area contributed by atoms with E-state index in [1.54, 1.807) is 0 Å². The summed E-state index contributed by atoms with van der Waals surface area (Å²) >= 11 is 0. The van der Waals surface area contributed by atoms with Gasteiger partial charge in [0.2, 0.25) is 0 Å². The maximum Gasteiger partial charge on any atom is 0.192 e. The number of nitrogens with zero attached hydrogens (tertiary/aromatic N) is 1. The van der Waals surface area contributed by atoms with Crippen molar-refractivity contribution in [1.82, 2.24) is 4.98 Å². The molecule has 0 N–H and O–H groups in total. The van der Waals surface area contributed by atoms with E-state index in [1.807, 2.05) is 19.1 Å². The highest BCUT2D eigenvalue weighted by Crippen LogP contribution is 2.19. The molecule has 2 nitrogen and oxygen atoms in total. The maximum absolute atomic E-state index is 5.40. The molecule has 0 bridgehead atoms. The van der Waals surface area contributed by atoms with Crippen molar-refractivity contribution < 1.29 is 4.42 Å². The molecule has 0 amide bonds. The Morgan fingerprint density at radius 2 is 2.25 bits per heavy atom. The van der Waals surface area contributed by atoms with Crippen LogP contribution in [0.1, 0.15) is 18.4 Å². The fraction of sp³-hybridized carbons (Fsp3) is 0.300. The third-order valence-electron chi connectivity index (χ3n) is 1.99. The Hall–Kier alpha value is -1.31. The number of hydrogen-bond donors (Lipinski definition) is 0. The molecule has 12 heavy (non-hydrogen) atoms. The van der Waals surface area contributed by atoms with E-state index in [1.165, 1.54) is 5.56 Å². The Kier molecular flexibility index (Phi) is 1.61. The highest BCUT2D eigenvalue weighted by atomic mass is 16.3. The topological polar surface area (TPSA) is 26.0 Å². The number of para-hydroxylation sites is 1. The van der Waals surface area contributed by atoms with E-state index in [9.17, 15) is 0 Å². The van der Waals surface area contributed by atoms with Crippen molar-refractivity contribution >= 4 is 11.1 Å². The van der Waals surface area contributed by atoms with Crippen LogP contribution < -0.4 is 0 Å². The molecule has 0 aliphatic carbocycles. The molecule has 0 saturated heterocycles. The average Bonchev–Trinajstić information content (AvgIpc) is 2.44. The van der Waals surface area contributed by atoms with Crippen molar-refractivity contribution in [3.05, 3.63) is 29.7 Å². The second-order valence-electron chi connectivity index (χ2n) is 2.85. The Balaban J connectivity index is 2.78. The van der Waals surface area contributed by atoms with Crippen molar-refractivity contribution in [3.63, 3.8) is 0 Å². The van der Waals surface area contributed by atoms with Crippen molar-refractivity contribution in [2.24, 2.45) is 0 Å². The molecule has 0 radical (unpaired) electrons. The zero-order valence-corrected chi connectivity index (χ0v) is 7.29. The molecule has 0 spiro atoms. The first kappa shape index (κ1) is 7.35. The first-order valence-corrected chi connectivity index (χ1v) is 4.16. The van der Waals surface area contributed by atoms with E-state index in [4.69, 9.17) is 4.42 Å². The molecular formula is C10H11NO. The largest absolute Gasteiger partial charge is 0.441 e. The van der Waals surface area contributed by atoms with Gasteiger partial charge in [-0.25, -0.2) is 4.98 Å². The number of aromatic nitrogens is 1. The highest BCUT2D eigenvalue weighted by Gasteiger charge is 2.04. The van der Waals surface area contributed by atoms with Gasteiger partial charge >= 0.3 is 0 Å². The van der Waals surface area contributed by atoms with Crippen molar-refractivity contribution in [2.75, 3.05) is 0 Å². The zero-order valence-electron chi connectivity index (χ0n) is 7.29. The van der Waals surface area contributed by atoms with E-state index >= 15 is 0 Å². The minimum absolute atomic E-state index is 0.742. The second kappa shape index (κ2) is 2.63. The lowest BCUT2D eigenvalue weighted by molar-refractivity contribution is 0.561. The van der Waals surface area contributed by atoms with Crippen LogP contribution in [-0.4, -0.2) is 4.98 Å². The van der Waals surface area contributed by atoms with Crippen LogP contribution in [0.2, 0.25) is 0 Å². The summed E-state index contributed by atoms with van der Waals surface area (Å²) in [6.07, 6.45) is 1.00. The van der Waals surface area contributed by atoms with Gasteiger partial charge in [-0.15, -0.1) is 0 Å². The summed E-state index contributed by atoms with van der Waals surface area (Å²) in [6, 6.07) is 6.05. The van der Waals surface area contributed by atoms with Crippen LogP contribution in [0.4, 0.5) is 0 Å².